The molecule has 1 aliphatic rings. The Bertz CT molecular complexity index is 773. The summed E-state index contributed by atoms with van der Waals surface area (Å²) in [5.74, 6) is 0.858. The fourth-order valence-electron chi connectivity index (χ4n) is 2.81. The highest BCUT2D eigenvalue weighted by Gasteiger charge is 2.14. The Labute approximate surface area is 110 Å². The van der Waals surface area contributed by atoms with Crippen LogP contribution in [0.3, 0.4) is 0 Å². The first-order valence-electron chi connectivity index (χ1n) is 6.54. The number of rotatable bonds is 1. The van der Waals surface area contributed by atoms with Gasteiger partial charge in [0.05, 0.1) is 0 Å². The molecule has 0 saturated carbocycles. The Kier molecular flexibility index (Phi) is 2.12. The van der Waals surface area contributed by atoms with Crippen LogP contribution in [-0.4, -0.2) is 14.6 Å². The van der Waals surface area contributed by atoms with Crippen LogP contribution in [0.4, 0.5) is 5.69 Å². The van der Waals surface area contributed by atoms with Crippen molar-refractivity contribution in [1.29, 1.82) is 0 Å². The number of anilines is 1. The van der Waals surface area contributed by atoms with Crippen molar-refractivity contribution in [2.24, 2.45) is 0 Å². The van der Waals surface area contributed by atoms with Crippen molar-refractivity contribution < 1.29 is 0 Å². The van der Waals surface area contributed by atoms with Gasteiger partial charge >= 0.3 is 0 Å². The molecular formula is C15H14N4. The molecule has 0 amide bonds. The first-order chi connectivity index (χ1) is 9.31. The molecule has 3 aromatic rings. The summed E-state index contributed by atoms with van der Waals surface area (Å²) in [7, 11) is 0. The summed E-state index contributed by atoms with van der Waals surface area (Å²) >= 11 is 0. The number of hydrogen-bond acceptors (Lipinski definition) is 3. The van der Waals surface area contributed by atoms with Crippen molar-refractivity contribution in [2.45, 2.75) is 19.3 Å². The SMILES string of the molecule is Nc1ccc2nnc(-c3ccc4c(c3)CCC4)n2c1. The molecule has 4 nitrogen and oxygen atoms in total. The molecule has 2 N–H and O–H groups in total. The van der Waals surface area contributed by atoms with E-state index in [1.165, 1.54) is 30.4 Å². The molecule has 2 heterocycles. The number of aromatic nitrogens is 3. The first kappa shape index (κ1) is 10.6. The molecule has 4 heteroatoms. The molecule has 0 radical (unpaired) electrons. The van der Waals surface area contributed by atoms with Gasteiger partial charge in [0, 0.05) is 17.4 Å². The van der Waals surface area contributed by atoms with E-state index < -0.39 is 0 Å². The molecule has 1 aliphatic carbocycles. The molecule has 94 valence electrons. The van der Waals surface area contributed by atoms with Gasteiger partial charge in [0.25, 0.3) is 0 Å². The van der Waals surface area contributed by atoms with Gasteiger partial charge in [0.2, 0.25) is 0 Å². The second-order valence-electron chi connectivity index (χ2n) is 5.05. The number of fused-ring (bicyclic) bond motifs is 2. The minimum Gasteiger partial charge on any atom is -0.398 e. The van der Waals surface area contributed by atoms with Crippen LogP contribution in [0.1, 0.15) is 17.5 Å². The van der Waals surface area contributed by atoms with Crippen molar-refractivity contribution in [2.75, 3.05) is 5.73 Å². The third-order valence-electron chi connectivity index (χ3n) is 3.78. The molecule has 1 aromatic carbocycles. The Balaban J connectivity index is 1.92. The van der Waals surface area contributed by atoms with Gasteiger partial charge < -0.3 is 5.73 Å². The van der Waals surface area contributed by atoms with Crippen molar-refractivity contribution in [3.63, 3.8) is 0 Å². The maximum Gasteiger partial charge on any atom is 0.168 e. The molecule has 0 saturated heterocycles. The van der Waals surface area contributed by atoms with Gasteiger partial charge in [0.15, 0.2) is 11.5 Å². The minimum absolute atomic E-state index is 0.717. The molecule has 0 bridgehead atoms. The van der Waals surface area contributed by atoms with Crippen LogP contribution in [0.2, 0.25) is 0 Å². The Morgan fingerprint density at radius 2 is 1.89 bits per heavy atom. The lowest BCUT2D eigenvalue weighted by Crippen LogP contribution is -1.93. The zero-order chi connectivity index (χ0) is 12.8. The van der Waals surface area contributed by atoms with Crippen molar-refractivity contribution in [1.82, 2.24) is 14.6 Å². The number of pyridine rings is 1. The van der Waals surface area contributed by atoms with Crippen LogP contribution >= 0.6 is 0 Å². The van der Waals surface area contributed by atoms with Gasteiger partial charge in [-0.2, -0.15) is 0 Å². The Morgan fingerprint density at radius 3 is 2.84 bits per heavy atom. The molecule has 2 aromatic heterocycles. The van der Waals surface area contributed by atoms with E-state index in [9.17, 15) is 0 Å². The third kappa shape index (κ3) is 1.60. The number of benzene rings is 1. The Hall–Kier alpha value is -2.36. The molecule has 0 aliphatic heterocycles. The number of nitrogen functional groups attached to an aromatic ring is 1. The lowest BCUT2D eigenvalue weighted by atomic mass is 10.1. The molecule has 19 heavy (non-hydrogen) atoms. The number of nitrogens with zero attached hydrogens (tertiary/aromatic N) is 3. The van der Waals surface area contributed by atoms with Crippen LogP contribution < -0.4 is 5.73 Å². The van der Waals surface area contributed by atoms with E-state index >= 15 is 0 Å². The summed E-state index contributed by atoms with van der Waals surface area (Å²) in [5.41, 5.74) is 11.4. The fraction of sp³-hybridized carbons (Fsp3) is 0.200. The van der Waals surface area contributed by atoms with Crippen molar-refractivity contribution >= 4 is 11.3 Å². The van der Waals surface area contributed by atoms with Crippen LogP contribution in [-0.2, 0) is 12.8 Å². The molecule has 0 fully saturated rings. The molecular weight excluding hydrogens is 236 g/mol. The predicted molar refractivity (Wildman–Crippen MR) is 74.9 cm³/mol. The quantitative estimate of drug-likeness (QED) is 0.721. The average molecular weight is 250 g/mol. The summed E-state index contributed by atoms with van der Waals surface area (Å²) < 4.78 is 1.95. The topological polar surface area (TPSA) is 56.2 Å². The normalized spacial score (nSPS) is 13.9. The van der Waals surface area contributed by atoms with E-state index in [4.69, 9.17) is 5.73 Å². The van der Waals surface area contributed by atoms with Gasteiger partial charge in [-0.25, -0.2) is 0 Å². The Morgan fingerprint density at radius 1 is 1.00 bits per heavy atom. The predicted octanol–water partition coefficient (Wildman–Crippen LogP) is 2.47. The van der Waals surface area contributed by atoms with E-state index in [0.717, 1.165) is 22.7 Å². The molecule has 0 atom stereocenters. The largest absolute Gasteiger partial charge is 0.398 e. The first-order valence-corrected chi connectivity index (χ1v) is 6.54. The lowest BCUT2D eigenvalue weighted by molar-refractivity contribution is 0.912. The van der Waals surface area contributed by atoms with Crippen LogP contribution in [0.25, 0.3) is 17.0 Å². The summed E-state index contributed by atoms with van der Waals surface area (Å²) in [6.07, 6.45) is 5.50. The van der Waals surface area contributed by atoms with E-state index in [1.807, 2.05) is 22.7 Å². The maximum absolute atomic E-state index is 5.84. The van der Waals surface area contributed by atoms with E-state index in [1.54, 1.807) is 0 Å². The number of aryl methyl sites for hydroxylation is 2. The van der Waals surface area contributed by atoms with Gasteiger partial charge in [-0.1, -0.05) is 12.1 Å². The molecule has 4 rings (SSSR count). The van der Waals surface area contributed by atoms with Crippen molar-refractivity contribution in [3.05, 3.63) is 47.7 Å². The molecule has 0 spiro atoms. The zero-order valence-electron chi connectivity index (χ0n) is 10.5. The summed E-state index contributed by atoms with van der Waals surface area (Å²) in [4.78, 5) is 0. The van der Waals surface area contributed by atoms with Crippen LogP contribution in [0, 0.1) is 0 Å². The van der Waals surface area contributed by atoms with Gasteiger partial charge in [-0.15, -0.1) is 10.2 Å². The highest BCUT2D eigenvalue weighted by molar-refractivity contribution is 5.63. The van der Waals surface area contributed by atoms with Crippen LogP contribution in [0.15, 0.2) is 36.5 Å². The second-order valence-corrected chi connectivity index (χ2v) is 5.05. The summed E-state index contributed by atoms with van der Waals surface area (Å²) in [5, 5.41) is 8.48. The average Bonchev–Trinajstić information content (AvgIpc) is 3.03. The lowest BCUT2D eigenvalue weighted by Gasteiger charge is -2.04. The highest BCUT2D eigenvalue weighted by atomic mass is 15.2. The van der Waals surface area contributed by atoms with Crippen molar-refractivity contribution in [3.8, 4) is 11.4 Å². The number of nitrogens with two attached hydrogens (primary N) is 1. The van der Waals surface area contributed by atoms with Gasteiger partial charge in [-0.3, -0.25) is 4.40 Å². The minimum atomic E-state index is 0.717. The molecule has 0 unspecified atom stereocenters. The number of hydrogen-bond donors (Lipinski definition) is 1. The highest BCUT2D eigenvalue weighted by Crippen LogP contribution is 2.27. The summed E-state index contributed by atoms with van der Waals surface area (Å²) in [6.45, 7) is 0. The zero-order valence-corrected chi connectivity index (χ0v) is 10.5. The third-order valence-corrected chi connectivity index (χ3v) is 3.78. The maximum atomic E-state index is 5.84. The van der Waals surface area contributed by atoms with Crippen LogP contribution in [0.5, 0.6) is 0 Å². The van der Waals surface area contributed by atoms with E-state index in [0.29, 0.717) is 0 Å². The monoisotopic (exact) mass is 250 g/mol. The van der Waals surface area contributed by atoms with Gasteiger partial charge in [0.1, 0.15) is 0 Å². The summed E-state index contributed by atoms with van der Waals surface area (Å²) in [6, 6.07) is 10.3. The fourth-order valence-corrected chi connectivity index (χ4v) is 2.81. The van der Waals surface area contributed by atoms with E-state index in [2.05, 4.69) is 28.4 Å². The van der Waals surface area contributed by atoms with E-state index in [-0.39, 0.29) is 0 Å². The second kappa shape index (κ2) is 3.82. The van der Waals surface area contributed by atoms with Gasteiger partial charge in [-0.05, 0) is 48.6 Å². The standard InChI is InChI=1S/C15H14N4/c16-13-6-7-14-17-18-15(19(14)9-13)12-5-4-10-2-1-3-11(10)8-12/h4-9H,1-3,16H2. The smallest absolute Gasteiger partial charge is 0.168 e.